The van der Waals surface area contributed by atoms with Crippen molar-refractivity contribution in [3.8, 4) is 0 Å². The van der Waals surface area contributed by atoms with Crippen LogP contribution in [0.15, 0.2) is 35.2 Å². The van der Waals surface area contributed by atoms with Gasteiger partial charge < -0.3 is 9.84 Å². The summed E-state index contributed by atoms with van der Waals surface area (Å²) in [4.78, 5) is 3.94. The lowest BCUT2D eigenvalue weighted by Gasteiger charge is -2.03. The molecule has 16 heavy (non-hydrogen) atoms. The molecule has 2 aromatic rings. The van der Waals surface area contributed by atoms with Crippen LogP contribution in [0.2, 0.25) is 5.02 Å². The summed E-state index contributed by atoms with van der Waals surface area (Å²) in [6.07, 6.45) is 2.11. The molecule has 0 atom stereocenters. The van der Waals surface area contributed by atoms with Gasteiger partial charge in [0.15, 0.2) is 5.82 Å². The second kappa shape index (κ2) is 5.63. The molecule has 1 heterocycles. The Kier molecular flexibility index (Phi) is 3.91. The van der Waals surface area contributed by atoms with Crippen molar-refractivity contribution in [2.45, 2.75) is 13.0 Å². The molecule has 0 fully saturated rings. The third-order valence-electron chi connectivity index (χ3n) is 2.17. The topological polar surface area (TPSA) is 51.0 Å². The Morgan fingerprint density at radius 1 is 1.25 bits per heavy atom. The van der Waals surface area contributed by atoms with Crippen molar-refractivity contribution in [2.75, 3.05) is 6.54 Å². The van der Waals surface area contributed by atoms with Crippen LogP contribution in [0, 0.1) is 0 Å². The largest absolute Gasteiger partial charge is 0.343 e. The van der Waals surface area contributed by atoms with Crippen molar-refractivity contribution in [1.82, 2.24) is 15.5 Å². The van der Waals surface area contributed by atoms with E-state index in [1.54, 1.807) is 0 Å². The van der Waals surface area contributed by atoms with Gasteiger partial charge in [-0.1, -0.05) is 28.9 Å². The first-order valence-electron chi connectivity index (χ1n) is 5.05. The Bertz CT molecular complexity index is 413. The van der Waals surface area contributed by atoms with Gasteiger partial charge in [0, 0.05) is 24.5 Å². The van der Waals surface area contributed by atoms with E-state index in [1.807, 2.05) is 24.3 Å². The van der Waals surface area contributed by atoms with Crippen LogP contribution in [0.1, 0.15) is 11.4 Å². The van der Waals surface area contributed by atoms with Crippen LogP contribution in [-0.2, 0) is 13.0 Å². The maximum Gasteiger partial charge on any atom is 0.213 e. The van der Waals surface area contributed by atoms with Gasteiger partial charge in [-0.15, -0.1) is 0 Å². The number of aromatic nitrogens is 2. The number of nitrogens with zero attached hydrogens (tertiary/aromatic N) is 2. The van der Waals surface area contributed by atoms with E-state index in [-0.39, 0.29) is 0 Å². The van der Waals surface area contributed by atoms with Gasteiger partial charge in [-0.05, 0) is 17.7 Å². The average molecular weight is 238 g/mol. The molecule has 0 radical (unpaired) electrons. The predicted octanol–water partition coefficient (Wildman–Crippen LogP) is 2.06. The molecule has 1 aromatic carbocycles. The fourth-order valence-corrected chi connectivity index (χ4v) is 1.46. The Labute approximate surface area is 98.6 Å². The van der Waals surface area contributed by atoms with Crippen LogP contribution < -0.4 is 5.32 Å². The summed E-state index contributed by atoms with van der Waals surface area (Å²) in [5, 5.41) is 7.78. The van der Waals surface area contributed by atoms with Crippen LogP contribution in [0.3, 0.4) is 0 Å². The summed E-state index contributed by atoms with van der Waals surface area (Å²) < 4.78 is 4.64. The molecule has 0 unspecified atom stereocenters. The summed E-state index contributed by atoms with van der Waals surface area (Å²) in [6.45, 7) is 1.64. The molecule has 0 bridgehead atoms. The first-order chi connectivity index (χ1) is 7.84. The lowest BCUT2D eigenvalue weighted by atomic mass is 10.2. The highest BCUT2D eigenvalue weighted by Crippen LogP contribution is 2.08. The van der Waals surface area contributed by atoms with E-state index in [9.17, 15) is 0 Å². The highest BCUT2D eigenvalue weighted by Gasteiger charge is 1.97. The second-order valence-electron chi connectivity index (χ2n) is 3.40. The summed E-state index contributed by atoms with van der Waals surface area (Å²) >= 11 is 5.79. The molecule has 2 rings (SSSR count). The van der Waals surface area contributed by atoms with Gasteiger partial charge >= 0.3 is 0 Å². The second-order valence-corrected chi connectivity index (χ2v) is 3.84. The maximum absolute atomic E-state index is 5.79. The number of rotatable bonds is 5. The quantitative estimate of drug-likeness (QED) is 0.809. The van der Waals surface area contributed by atoms with Gasteiger partial charge in [0.05, 0.1) is 0 Å². The minimum absolute atomic E-state index is 0.726. The molecular formula is C11H12ClN3O. The van der Waals surface area contributed by atoms with Crippen molar-refractivity contribution >= 4 is 11.6 Å². The Morgan fingerprint density at radius 3 is 2.75 bits per heavy atom. The van der Waals surface area contributed by atoms with Gasteiger partial charge in [0.25, 0.3) is 0 Å². The van der Waals surface area contributed by atoms with E-state index in [0.29, 0.717) is 0 Å². The third-order valence-corrected chi connectivity index (χ3v) is 2.43. The monoisotopic (exact) mass is 237 g/mol. The van der Waals surface area contributed by atoms with E-state index in [1.165, 1.54) is 12.0 Å². The Balaban J connectivity index is 1.70. The Hall–Kier alpha value is -1.39. The molecule has 1 N–H and O–H groups in total. The minimum Gasteiger partial charge on any atom is -0.343 e. The van der Waals surface area contributed by atoms with E-state index >= 15 is 0 Å². The molecule has 5 heteroatoms. The van der Waals surface area contributed by atoms with Crippen molar-refractivity contribution in [3.05, 3.63) is 47.1 Å². The zero-order valence-electron chi connectivity index (χ0n) is 8.69. The third kappa shape index (κ3) is 3.32. The normalized spacial score (nSPS) is 10.6. The smallest absolute Gasteiger partial charge is 0.213 e. The minimum atomic E-state index is 0.726. The summed E-state index contributed by atoms with van der Waals surface area (Å²) in [5.74, 6) is 0.726. The molecule has 0 saturated carbocycles. The highest BCUT2D eigenvalue weighted by atomic mass is 35.5. The summed E-state index contributed by atoms with van der Waals surface area (Å²) in [6, 6.07) is 7.78. The van der Waals surface area contributed by atoms with Crippen LogP contribution in [0.25, 0.3) is 0 Å². The highest BCUT2D eigenvalue weighted by molar-refractivity contribution is 6.30. The SMILES string of the molecule is Clc1ccc(CNCCc2ncon2)cc1. The van der Waals surface area contributed by atoms with Crippen LogP contribution in [-0.4, -0.2) is 16.7 Å². The van der Waals surface area contributed by atoms with Crippen LogP contribution >= 0.6 is 11.6 Å². The van der Waals surface area contributed by atoms with Crippen LogP contribution in [0.4, 0.5) is 0 Å². The molecule has 4 nitrogen and oxygen atoms in total. The molecule has 0 aliphatic heterocycles. The van der Waals surface area contributed by atoms with E-state index in [2.05, 4.69) is 20.0 Å². The molecule has 0 amide bonds. The van der Waals surface area contributed by atoms with E-state index < -0.39 is 0 Å². The molecular weight excluding hydrogens is 226 g/mol. The lowest BCUT2D eigenvalue weighted by molar-refractivity contribution is 0.409. The number of nitrogens with one attached hydrogen (secondary N) is 1. The predicted molar refractivity (Wildman–Crippen MR) is 61.2 cm³/mol. The fraction of sp³-hybridized carbons (Fsp3) is 0.273. The number of hydrogen-bond donors (Lipinski definition) is 1. The van der Waals surface area contributed by atoms with Crippen LogP contribution in [0.5, 0.6) is 0 Å². The number of hydrogen-bond acceptors (Lipinski definition) is 4. The molecule has 1 aromatic heterocycles. The zero-order valence-corrected chi connectivity index (χ0v) is 9.44. The number of benzene rings is 1. The summed E-state index contributed by atoms with van der Waals surface area (Å²) in [5.41, 5.74) is 1.21. The molecule has 0 aliphatic rings. The van der Waals surface area contributed by atoms with Gasteiger partial charge in [-0.2, -0.15) is 4.98 Å². The van der Waals surface area contributed by atoms with E-state index in [0.717, 1.165) is 30.4 Å². The van der Waals surface area contributed by atoms with Crippen molar-refractivity contribution in [2.24, 2.45) is 0 Å². The molecule has 0 spiro atoms. The van der Waals surface area contributed by atoms with Gasteiger partial charge in [-0.3, -0.25) is 0 Å². The maximum atomic E-state index is 5.79. The van der Waals surface area contributed by atoms with Crippen molar-refractivity contribution in [1.29, 1.82) is 0 Å². The first-order valence-corrected chi connectivity index (χ1v) is 5.43. The molecule has 0 aliphatic carbocycles. The van der Waals surface area contributed by atoms with Gasteiger partial charge in [0.1, 0.15) is 0 Å². The molecule has 0 saturated heterocycles. The van der Waals surface area contributed by atoms with Crippen molar-refractivity contribution in [3.63, 3.8) is 0 Å². The standard InChI is InChI=1S/C11H12ClN3O/c12-10-3-1-9(2-4-10)7-13-6-5-11-14-8-16-15-11/h1-4,8,13H,5-7H2. The first kappa shape index (κ1) is 11.1. The number of halogens is 1. The van der Waals surface area contributed by atoms with E-state index in [4.69, 9.17) is 11.6 Å². The van der Waals surface area contributed by atoms with Gasteiger partial charge in [-0.25, -0.2) is 0 Å². The fourth-order valence-electron chi connectivity index (χ4n) is 1.34. The summed E-state index contributed by atoms with van der Waals surface area (Å²) in [7, 11) is 0. The average Bonchev–Trinajstić information content (AvgIpc) is 2.80. The lowest BCUT2D eigenvalue weighted by Crippen LogP contribution is -2.17. The zero-order chi connectivity index (χ0) is 11.2. The van der Waals surface area contributed by atoms with Gasteiger partial charge in [0.2, 0.25) is 6.39 Å². The Morgan fingerprint density at radius 2 is 2.06 bits per heavy atom. The van der Waals surface area contributed by atoms with Crippen molar-refractivity contribution < 1.29 is 4.52 Å². The molecule has 84 valence electrons.